The lowest BCUT2D eigenvalue weighted by molar-refractivity contribution is -0.310. The molecule has 0 rings (SSSR count). The van der Waals surface area contributed by atoms with Crippen molar-refractivity contribution in [3.05, 3.63) is 0 Å². The molecule has 1 atom stereocenters. The average Bonchev–Trinajstić information content (AvgIpc) is 1.64. The van der Waals surface area contributed by atoms with Gasteiger partial charge in [0.1, 0.15) is 0 Å². The fourth-order valence-corrected chi connectivity index (χ4v) is 0.484. The van der Waals surface area contributed by atoms with E-state index in [1.54, 1.807) is 6.92 Å². The number of nitrogens with two attached hydrogens (primary N) is 1. The van der Waals surface area contributed by atoms with Gasteiger partial charge in [0, 0.05) is 0 Å². The molecule has 0 saturated carbocycles. The molecule has 1 amide bonds. The molecule has 1 unspecified atom stereocenters. The van der Waals surface area contributed by atoms with E-state index in [4.69, 9.17) is 0 Å². The summed E-state index contributed by atoms with van der Waals surface area (Å²) in [5, 5.41) is 9.96. The average molecular weight is 130 g/mol. The molecule has 0 radical (unpaired) electrons. The largest absolute Gasteiger partial charge is 0.549 e. The van der Waals surface area contributed by atoms with E-state index < -0.39 is 17.8 Å². The molecule has 0 aromatic heterocycles. The first-order valence-electron chi connectivity index (χ1n) is 2.59. The van der Waals surface area contributed by atoms with Crippen LogP contribution in [0.2, 0.25) is 0 Å². The van der Waals surface area contributed by atoms with Crippen molar-refractivity contribution in [1.29, 1.82) is 0 Å². The summed E-state index contributed by atoms with van der Waals surface area (Å²) >= 11 is 0. The normalized spacial score (nSPS) is 12.6. The number of carboxylic acids is 1. The van der Waals surface area contributed by atoms with Crippen LogP contribution in [0, 0.1) is 5.92 Å². The van der Waals surface area contributed by atoms with Crippen LogP contribution in [0.4, 0.5) is 0 Å². The molecule has 0 aliphatic rings. The molecular weight excluding hydrogens is 122 g/mol. The van der Waals surface area contributed by atoms with Gasteiger partial charge in [0.25, 0.3) is 0 Å². The summed E-state index contributed by atoms with van der Waals surface area (Å²) in [5.41, 5.74) is 4.69. The SMILES string of the molecule is CCC(C(N)=O)C(=O)[O-]. The molecule has 0 aromatic carbocycles. The smallest absolute Gasteiger partial charge is 0.226 e. The Balaban J connectivity index is 3.99. The summed E-state index contributed by atoms with van der Waals surface area (Å²) < 4.78 is 0. The first kappa shape index (κ1) is 7.94. The number of carboxylic acid groups (broad SMARTS) is 1. The molecule has 0 aliphatic carbocycles. The molecule has 0 aliphatic heterocycles. The summed E-state index contributed by atoms with van der Waals surface area (Å²) in [7, 11) is 0. The molecule has 0 fully saturated rings. The minimum atomic E-state index is -1.40. The number of primary amides is 1. The quantitative estimate of drug-likeness (QED) is 0.460. The van der Waals surface area contributed by atoms with Crippen molar-refractivity contribution in [3.63, 3.8) is 0 Å². The van der Waals surface area contributed by atoms with Crippen molar-refractivity contribution in [2.24, 2.45) is 11.7 Å². The maximum Gasteiger partial charge on any atom is 0.226 e. The van der Waals surface area contributed by atoms with E-state index in [-0.39, 0.29) is 6.42 Å². The van der Waals surface area contributed by atoms with Crippen molar-refractivity contribution in [1.82, 2.24) is 0 Å². The predicted octanol–water partition coefficient (Wildman–Crippen LogP) is -1.75. The Morgan fingerprint density at radius 3 is 2.11 bits per heavy atom. The summed E-state index contributed by atoms with van der Waals surface area (Å²) in [4.78, 5) is 20.1. The van der Waals surface area contributed by atoms with Crippen LogP contribution in [0.5, 0.6) is 0 Å². The van der Waals surface area contributed by atoms with Gasteiger partial charge in [-0.1, -0.05) is 6.92 Å². The molecule has 2 N–H and O–H groups in total. The van der Waals surface area contributed by atoms with Gasteiger partial charge < -0.3 is 15.6 Å². The van der Waals surface area contributed by atoms with E-state index in [0.717, 1.165) is 0 Å². The lowest BCUT2D eigenvalue weighted by atomic mass is 10.1. The zero-order chi connectivity index (χ0) is 7.44. The zero-order valence-electron chi connectivity index (χ0n) is 5.09. The lowest BCUT2D eigenvalue weighted by Crippen LogP contribution is -2.39. The van der Waals surface area contributed by atoms with Gasteiger partial charge in [-0.15, -0.1) is 0 Å². The molecule has 4 heteroatoms. The highest BCUT2D eigenvalue weighted by Gasteiger charge is 2.12. The number of hydrogen-bond donors (Lipinski definition) is 1. The van der Waals surface area contributed by atoms with Gasteiger partial charge in [-0.2, -0.15) is 0 Å². The van der Waals surface area contributed by atoms with Gasteiger partial charge in [0.15, 0.2) is 0 Å². The predicted molar refractivity (Wildman–Crippen MR) is 28.0 cm³/mol. The number of aliphatic carboxylic acids is 1. The monoisotopic (exact) mass is 130 g/mol. The van der Waals surface area contributed by atoms with E-state index in [9.17, 15) is 14.7 Å². The van der Waals surface area contributed by atoms with Crippen LogP contribution in [0.1, 0.15) is 13.3 Å². The van der Waals surface area contributed by atoms with Crippen LogP contribution in [0.25, 0.3) is 0 Å². The van der Waals surface area contributed by atoms with Crippen LogP contribution in [0.3, 0.4) is 0 Å². The van der Waals surface area contributed by atoms with Crippen LogP contribution < -0.4 is 10.8 Å². The third-order valence-electron chi connectivity index (χ3n) is 1.04. The second-order valence-electron chi connectivity index (χ2n) is 1.68. The number of rotatable bonds is 3. The Kier molecular flexibility index (Phi) is 2.70. The summed E-state index contributed by atoms with van der Waals surface area (Å²) in [6.07, 6.45) is 0.192. The van der Waals surface area contributed by atoms with E-state index in [2.05, 4.69) is 5.73 Å². The fourth-order valence-electron chi connectivity index (χ4n) is 0.484. The third-order valence-corrected chi connectivity index (χ3v) is 1.04. The standard InChI is InChI=1S/C5H9NO3/c1-2-3(4(6)7)5(8)9/h3H,2H2,1H3,(H2,6,7)(H,8,9)/p-1. The van der Waals surface area contributed by atoms with Crippen molar-refractivity contribution in [3.8, 4) is 0 Å². The molecular formula is C5H8NO3-. The molecule has 0 spiro atoms. The molecule has 0 saturated heterocycles. The van der Waals surface area contributed by atoms with Gasteiger partial charge in [0.05, 0.1) is 11.9 Å². The molecule has 52 valence electrons. The number of carbonyl (C=O) groups excluding carboxylic acids is 2. The Labute approximate surface area is 52.7 Å². The first-order valence-corrected chi connectivity index (χ1v) is 2.59. The second kappa shape index (κ2) is 3.06. The van der Waals surface area contributed by atoms with Gasteiger partial charge in [-0.05, 0) is 6.42 Å². The molecule has 9 heavy (non-hydrogen) atoms. The topological polar surface area (TPSA) is 83.2 Å². The number of amides is 1. The highest BCUT2D eigenvalue weighted by molar-refractivity contribution is 5.94. The van der Waals surface area contributed by atoms with E-state index in [1.807, 2.05) is 0 Å². The Hall–Kier alpha value is -1.06. The Morgan fingerprint density at radius 2 is 2.11 bits per heavy atom. The third kappa shape index (κ3) is 2.12. The molecule has 0 bridgehead atoms. The Bertz CT molecular complexity index is 118. The minimum Gasteiger partial charge on any atom is -0.549 e. The fraction of sp³-hybridized carbons (Fsp3) is 0.600. The van der Waals surface area contributed by atoms with Crippen LogP contribution >= 0.6 is 0 Å². The van der Waals surface area contributed by atoms with Gasteiger partial charge in [-0.3, -0.25) is 4.79 Å². The summed E-state index contributed by atoms with van der Waals surface area (Å²) in [6.45, 7) is 1.56. The number of hydrogen-bond acceptors (Lipinski definition) is 3. The molecule has 4 nitrogen and oxygen atoms in total. The van der Waals surface area contributed by atoms with E-state index in [1.165, 1.54) is 0 Å². The van der Waals surface area contributed by atoms with E-state index in [0.29, 0.717) is 0 Å². The zero-order valence-corrected chi connectivity index (χ0v) is 5.09. The van der Waals surface area contributed by atoms with E-state index >= 15 is 0 Å². The summed E-state index contributed by atoms with van der Waals surface area (Å²) in [5.74, 6) is -3.37. The maximum atomic E-state index is 10.2. The van der Waals surface area contributed by atoms with Crippen LogP contribution in [-0.4, -0.2) is 11.9 Å². The van der Waals surface area contributed by atoms with Crippen LogP contribution in [0.15, 0.2) is 0 Å². The lowest BCUT2D eigenvalue weighted by Gasteiger charge is -2.09. The molecule has 0 heterocycles. The van der Waals surface area contributed by atoms with Crippen molar-refractivity contribution in [2.45, 2.75) is 13.3 Å². The second-order valence-corrected chi connectivity index (χ2v) is 1.68. The minimum absolute atomic E-state index is 0.192. The van der Waals surface area contributed by atoms with Crippen molar-refractivity contribution in [2.75, 3.05) is 0 Å². The summed E-state index contributed by atoms with van der Waals surface area (Å²) in [6, 6.07) is 0. The van der Waals surface area contributed by atoms with Crippen molar-refractivity contribution < 1.29 is 14.7 Å². The maximum absolute atomic E-state index is 10.2. The number of carbonyl (C=O) groups is 2. The first-order chi connectivity index (χ1) is 4.09. The van der Waals surface area contributed by atoms with Gasteiger partial charge in [-0.25, -0.2) is 0 Å². The van der Waals surface area contributed by atoms with Gasteiger partial charge in [0.2, 0.25) is 5.91 Å². The highest BCUT2D eigenvalue weighted by Crippen LogP contribution is 1.97. The van der Waals surface area contributed by atoms with Gasteiger partial charge >= 0.3 is 0 Å². The highest BCUT2D eigenvalue weighted by atomic mass is 16.4. The van der Waals surface area contributed by atoms with Crippen LogP contribution in [-0.2, 0) is 9.59 Å². The molecule has 0 aromatic rings. The Morgan fingerprint density at radius 1 is 1.67 bits per heavy atom. The van der Waals surface area contributed by atoms with Crippen molar-refractivity contribution >= 4 is 11.9 Å².